The number of likely N-dealkylation sites (tertiary alicyclic amines) is 1. The zero-order chi connectivity index (χ0) is 18.5. The summed E-state index contributed by atoms with van der Waals surface area (Å²) in [7, 11) is 0. The summed E-state index contributed by atoms with van der Waals surface area (Å²) in [6, 6.07) is 6.68. The highest BCUT2D eigenvalue weighted by atomic mass is 19.1. The molecule has 6 nitrogen and oxygen atoms in total. The largest absolute Gasteiger partial charge is 0.367 e. The molecule has 1 saturated heterocycles. The predicted octanol–water partition coefficient (Wildman–Crippen LogP) is 2.60. The van der Waals surface area contributed by atoms with Crippen molar-refractivity contribution in [2.24, 2.45) is 5.41 Å². The third kappa shape index (κ3) is 2.48. The van der Waals surface area contributed by atoms with Gasteiger partial charge in [0, 0.05) is 24.6 Å². The molecule has 4 rings (SSSR count). The van der Waals surface area contributed by atoms with Crippen LogP contribution in [0.25, 0.3) is 0 Å². The van der Waals surface area contributed by atoms with Crippen molar-refractivity contribution in [3.8, 4) is 0 Å². The van der Waals surface area contributed by atoms with Gasteiger partial charge in [0.2, 0.25) is 11.9 Å². The van der Waals surface area contributed by atoms with Crippen LogP contribution in [0.5, 0.6) is 0 Å². The molecular weight excluding hydrogens is 333 g/mol. The molecule has 2 heterocycles. The van der Waals surface area contributed by atoms with E-state index in [9.17, 15) is 9.18 Å². The lowest BCUT2D eigenvalue weighted by Gasteiger charge is -2.35. The minimum atomic E-state index is -0.748. The molecule has 1 aromatic heterocycles. The molecule has 1 saturated carbocycles. The van der Waals surface area contributed by atoms with Gasteiger partial charge in [0.15, 0.2) is 0 Å². The zero-order valence-corrected chi connectivity index (χ0v) is 15.1. The van der Waals surface area contributed by atoms with E-state index in [4.69, 9.17) is 5.73 Å². The van der Waals surface area contributed by atoms with Crippen molar-refractivity contribution in [1.82, 2.24) is 20.1 Å². The number of nitrogen functional groups attached to an aromatic ring is 1. The molecule has 1 amide bonds. The summed E-state index contributed by atoms with van der Waals surface area (Å²) in [6.45, 7) is 5.36. The molecule has 138 valence electrons. The fraction of sp³-hybridized carbons (Fsp3) is 0.526. The quantitative estimate of drug-likeness (QED) is 0.884. The first-order chi connectivity index (χ1) is 12.3. The molecule has 0 bridgehead atoms. The van der Waals surface area contributed by atoms with Gasteiger partial charge in [0.25, 0.3) is 0 Å². The molecule has 2 fully saturated rings. The molecule has 2 aromatic rings. The second-order valence-corrected chi connectivity index (χ2v) is 8.09. The van der Waals surface area contributed by atoms with Gasteiger partial charge in [-0.1, -0.05) is 32.0 Å². The lowest BCUT2D eigenvalue weighted by molar-refractivity contribution is -0.136. The number of carbonyl (C=O) groups excluding carboxylic acids is 1. The van der Waals surface area contributed by atoms with Crippen molar-refractivity contribution >= 4 is 11.9 Å². The number of aromatic amines is 1. The first-order valence-corrected chi connectivity index (χ1v) is 9.07. The molecule has 1 aromatic carbocycles. The van der Waals surface area contributed by atoms with Gasteiger partial charge in [-0.25, -0.2) is 4.39 Å². The second-order valence-electron chi connectivity index (χ2n) is 8.09. The fourth-order valence-corrected chi connectivity index (χ4v) is 4.46. The number of halogens is 1. The van der Waals surface area contributed by atoms with Gasteiger partial charge in [-0.05, 0) is 30.7 Å². The van der Waals surface area contributed by atoms with Crippen LogP contribution in [0.2, 0.25) is 0 Å². The summed E-state index contributed by atoms with van der Waals surface area (Å²) in [5, 5.41) is 6.75. The summed E-state index contributed by atoms with van der Waals surface area (Å²) in [6.07, 6.45) is 2.28. The maximum atomic E-state index is 14.5. The molecule has 0 spiro atoms. The van der Waals surface area contributed by atoms with E-state index in [1.54, 1.807) is 12.1 Å². The SMILES string of the molecule is CC1(C)CC1(C(=O)N1CCC(c2nc(N)n[nH]2)CC1)c1ccccc1F. The predicted molar refractivity (Wildman–Crippen MR) is 95.8 cm³/mol. The molecule has 1 atom stereocenters. The Hall–Kier alpha value is -2.44. The minimum Gasteiger partial charge on any atom is -0.367 e. The summed E-state index contributed by atoms with van der Waals surface area (Å²) < 4.78 is 14.5. The first kappa shape index (κ1) is 17.0. The molecule has 1 aliphatic heterocycles. The van der Waals surface area contributed by atoms with Crippen LogP contribution in [0.1, 0.15) is 50.4 Å². The van der Waals surface area contributed by atoms with E-state index in [0.29, 0.717) is 25.1 Å². The van der Waals surface area contributed by atoms with Crippen molar-refractivity contribution in [3.63, 3.8) is 0 Å². The number of benzene rings is 1. The van der Waals surface area contributed by atoms with Crippen molar-refractivity contribution in [2.45, 2.75) is 44.4 Å². The number of rotatable bonds is 3. The molecule has 0 radical (unpaired) electrons. The third-order valence-electron chi connectivity index (χ3n) is 6.13. The topological polar surface area (TPSA) is 87.9 Å². The summed E-state index contributed by atoms with van der Waals surface area (Å²) in [5.74, 6) is 1.00. The molecule has 1 aliphatic carbocycles. The number of aromatic nitrogens is 3. The minimum absolute atomic E-state index is 0.0446. The van der Waals surface area contributed by atoms with E-state index in [0.717, 1.165) is 18.7 Å². The maximum absolute atomic E-state index is 14.5. The van der Waals surface area contributed by atoms with Gasteiger partial charge in [-0.2, -0.15) is 4.98 Å². The van der Waals surface area contributed by atoms with Crippen molar-refractivity contribution in [1.29, 1.82) is 0 Å². The highest BCUT2D eigenvalue weighted by molar-refractivity contribution is 5.93. The van der Waals surface area contributed by atoms with Crippen molar-refractivity contribution < 1.29 is 9.18 Å². The average molecular weight is 357 g/mol. The summed E-state index contributed by atoms with van der Waals surface area (Å²) in [4.78, 5) is 19.5. The Labute approximate surface area is 152 Å². The number of nitrogens with two attached hydrogens (primary N) is 1. The van der Waals surface area contributed by atoms with Crippen LogP contribution < -0.4 is 5.73 Å². The first-order valence-electron chi connectivity index (χ1n) is 9.07. The number of carbonyl (C=O) groups is 1. The van der Waals surface area contributed by atoms with E-state index >= 15 is 0 Å². The van der Waals surface area contributed by atoms with Gasteiger partial charge in [-0.3, -0.25) is 9.89 Å². The number of nitrogens with zero attached hydrogens (tertiary/aromatic N) is 3. The smallest absolute Gasteiger partial charge is 0.239 e. The van der Waals surface area contributed by atoms with Crippen LogP contribution in [0.3, 0.4) is 0 Å². The van der Waals surface area contributed by atoms with Gasteiger partial charge in [0.1, 0.15) is 11.6 Å². The molecule has 2 aliphatic rings. The maximum Gasteiger partial charge on any atom is 0.239 e. The Bertz CT molecular complexity index is 840. The standard InChI is InChI=1S/C19H24FN5O/c1-18(2)11-19(18,13-5-3-4-6-14(13)20)16(26)25-9-7-12(8-10-25)15-22-17(21)24-23-15/h3-6,12H,7-11H2,1-2H3,(H3,21,22,23,24). The van der Waals surface area contributed by atoms with Gasteiger partial charge in [0.05, 0.1) is 5.41 Å². The molecule has 1 unspecified atom stereocenters. The monoisotopic (exact) mass is 357 g/mol. The molecule has 3 N–H and O–H groups in total. The highest BCUT2D eigenvalue weighted by Crippen LogP contribution is 2.65. The molecule has 7 heteroatoms. The molecule has 26 heavy (non-hydrogen) atoms. The van der Waals surface area contributed by atoms with E-state index in [-0.39, 0.29) is 29.0 Å². The lowest BCUT2D eigenvalue weighted by atomic mass is 9.85. The number of amides is 1. The second kappa shape index (κ2) is 5.79. The van der Waals surface area contributed by atoms with Gasteiger partial charge < -0.3 is 10.6 Å². The van der Waals surface area contributed by atoms with E-state index in [2.05, 4.69) is 15.2 Å². The van der Waals surface area contributed by atoms with Crippen LogP contribution in [-0.4, -0.2) is 39.1 Å². The van der Waals surface area contributed by atoms with Gasteiger partial charge in [-0.15, -0.1) is 5.10 Å². The molecular formula is C19H24FN5O. The number of hydrogen-bond acceptors (Lipinski definition) is 4. The Morgan fingerprint density at radius 2 is 1.96 bits per heavy atom. The Morgan fingerprint density at radius 3 is 2.50 bits per heavy atom. The number of hydrogen-bond donors (Lipinski definition) is 2. The lowest BCUT2D eigenvalue weighted by Crippen LogP contribution is -2.45. The number of piperidine rings is 1. The summed E-state index contributed by atoms with van der Waals surface area (Å²) >= 11 is 0. The van der Waals surface area contributed by atoms with Crippen molar-refractivity contribution in [2.75, 3.05) is 18.8 Å². The highest BCUT2D eigenvalue weighted by Gasteiger charge is 2.68. The zero-order valence-electron chi connectivity index (χ0n) is 15.1. The number of H-pyrrole nitrogens is 1. The number of nitrogens with one attached hydrogen (secondary N) is 1. The Kier molecular flexibility index (Phi) is 3.78. The Balaban J connectivity index is 1.53. The summed E-state index contributed by atoms with van der Waals surface area (Å²) in [5.41, 5.74) is 5.13. The van der Waals surface area contributed by atoms with Crippen LogP contribution in [-0.2, 0) is 10.2 Å². The van der Waals surface area contributed by atoms with Crippen molar-refractivity contribution in [3.05, 3.63) is 41.5 Å². The third-order valence-corrected chi connectivity index (χ3v) is 6.13. The van der Waals surface area contributed by atoms with Gasteiger partial charge >= 0.3 is 0 Å². The number of anilines is 1. The van der Waals surface area contributed by atoms with E-state index in [1.165, 1.54) is 6.07 Å². The van der Waals surface area contributed by atoms with E-state index < -0.39 is 5.41 Å². The Morgan fingerprint density at radius 1 is 1.31 bits per heavy atom. The average Bonchev–Trinajstić information content (AvgIpc) is 2.97. The van der Waals surface area contributed by atoms with Crippen LogP contribution in [0.15, 0.2) is 24.3 Å². The van der Waals surface area contributed by atoms with Crippen LogP contribution in [0, 0.1) is 11.2 Å². The van der Waals surface area contributed by atoms with E-state index in [1.807, 2.05) is 24.8 Å². The normalized spacial score (nSPS) is 25.3. The van der Waals surface area contributed by atoms with Crippen LogP contribution >= 0.6 is 0 Å². The fourth-order valence-electron chi connectivity index (χ4n) is 4.46. The van der Waals surface area contributed by atoms with Crippen LogP contribution in [0.4, 0.5) is 10.3 Å².